The van der Waals surface area contributed by atoms with Gasteiger partial charge in [0.2, 0.25) is 0 Å². The van der Waals surface area contributed by atoms with Crippen LogP contribution in [0, 0.1) is 0 Å². The smallest absolute Gasteiger partial charge is 0.338 e. The van der Waals surface area contributed by atoms with Crippen molar-refractivity contribution in [3.8, 4) is 0 Å². The number of carbonyl (C=O) groups excluding carboxylic acids is 1. The van der Waals surface area contributed by atoms with Crippen LogP contribution in [0.25, 0.3) is 0 Å². The lowest BCUT2D eigenvalue weighted by molar-refractivity contribution is 0.0510. The summed E-state index contributed by atoms with van der Waals surface area (Å²) in [5.41, 5.74) is 8.32. The van der Waals surface area contributed by atoms with Gasteiger partial charge >= 0.3 is 5.97 Å². The predicted octanol–water partition coefficient (Wildman–Crippen LogP) is 1.39. The fraction of sp³-hybridized carbons (Fsp3) is 0.417. The van der Waals surface area contributed by atoms with E-state index in [0.29, 0.717) is 25.4 Å². The average Bonchev–Trinajstić information content (AvgIpc) is 2.29. The maximum absolute atomic E-state index is 11.7. The molecule has 0 saturated carbocycles. The summed E-state index contributed by atoms with van der Waals surface area (Å²) in [6.45, 7) is 3.09. The molecular formula is C12H15NO3. The van der Waals surface area contributed by atoms with Gasteiger partial charge in [-0.3, -0.25) is 0 Å². The highest BCUT2D eigenvalue weighted by molar-refractivity contribution is 5.91. The Morgan fingerprint density at radius 3 is 3.19 bits per heavy atom. The molecule has 4 nitrogen and oxygen atoms in total. The molecule has 16 heavy (non-hydrogen) atoms. The van der Waals surface area contributed by atoms with Crippen LogP contribution in [0.3, 0.4) is 0 Å². The maximum atomic E-state index is 11.7. The summed E-state index contributed by atoms with van der Waals surface area (Å²) < 4.78 is 10.3. The molecule has 1 aliphatic heterocycles. The molecule has 1 aromatic rings. The third-order valence-corrected chi connectivity index (χ3v) is 2.65. The van der Waals surface area contributed by atoms with E-state index in [2.05, 4.69) is 0 Å². The van der Waals surface area contributed by atoms with Crippen molar-refractivity contribution in [2.75, 3.05) is 13.2 Å². The van der Waals surface area contributed by atoms with Gasteiger partial charge in [-0.05, 0) is 24.1 Å². The fourth-order valence-corrected chi connectivity index (χ4v) is 1.89. The van der Waals surface area contributed by atoms with Gasteiger partial charge in [0.15, 0.2) is 0 Å². The van der Waals surface area contributed by atoms with Gasteiger partial charge < -0.3 is 15.2 Å². The third-order valence-electron chi connectivity index (χ3n) is 2.65. The quantitative estimate of drug-likeness (QED) is 0.767. The van der Waals surface area contributed by atoms with Crippen LogP contribution in [-0.4, -0.2) is 19.2 Å². The molecule has 0 unspecified atom stereocenters. The number of esters is 1. The summed E-state index contributed by atoms with van der Waals surface area (Å²) in [5.74, 6) is -0.308. The second kappa shape index (κ2) is 4.63. The van der Waals surface area contributed by atoms with Gasteiger partial charge in [0, 0.05) is 0 Å². The second-order valence-electron chi connectivity index (χ2n) is 3.72. The summed E-state index contributed by atoms with van der Waals surface area (Å²) >= 11 is 0. The Kier molecular flexibility index (Phi) is 3.22. The van der Waals surface area contributed by atoms with E-state index in [4.69, 9.17) is 15.2 Å². The Balaban J connectivity index is 2.39. The standard InChI is InChI=1S/C12H15NO3/c1-2-16-12(14)9-5-3-4-8-10(9)6-15-7-11(8)13/h3-5,11H,2,6-7,13H2,1H3/t11-/m1/s1. The van der Waals surface area contributed by atoms with Gasteiger partial charge in [-0.2, -0.15) is 0 Å². The first-order chi connectivity index (χ1) is 7.74. The van der Waals surface area contributed by atoms with E-state index < -0.39 is 0 Å². The summed E-state index contributed by atoms with van der Waals surface area (Å²) in [4.78, 5) is 11.7. The van der Waals surface area contributed by atoms with Crippen molar-refractivity contribution in [1.82, 2.24) is 0 Å². The average molecular weight is 221 g/mol. The second-order valence-corrected chi connectivity index (χ2v) is 3.72. The molecule has 0 aliphatic carbocycles. The van der Waals surface area contributed by atoms with Crippen LogP contribution in [0.1, 0.15) is 34.5 Å². The van der Waals surface area contributed by atoms with Crippen molar-refractivity contribution in [3.63, 3.8) is 0 Å². The van der Waals surface area contributed by atoms with E-state index in [9.17, 15) is 4.79 Å². The van der Waals surface area contributed by atoms with Crippen molar-refractivity contribution < 1.29 is 14.3 Å². The van der Waals surface area contributed by atoms with Gasteiger partial charge in [-0.15, -0.1) is 0 Å². The highest BCUT2D eigenvalue weighted by Gasteiger charge is 2.22. The maximum Gasteiger partial charge on any atom is 0.338 e. The summed E-state index contributed by atoms with van der Waals surface area (Å²) in [6.07, 6.45) is 0. The molecule has 1 atom stereocenters. The summed E-state index contributed by atoms with van der Waals surface area (Å²) in [7, 11) is 0. The predicted molar refractivity (Wildman–Crippen MR) is 59.0 cm³/mol. The zero-order chi connectivity index (χ0) is 11.5. The molecule has 2 rings (SSSR count). The van der Waals surface area contributed by atoms with E-state index in [1.807, 2.05) is 12.1 Å². The molecule has 0 fully saturated rings. The van der Waals surface area contributed by atoms with Crippen molar-refractivity contribution in [3.05, 3.63) is 34.9 Å². The molecule has 0 spiro atoms. The molecule has 0 bridgehead atoms. The van der Waals surface area contributed by atoms with Crippen LogP contribution < -0.4 is 5.73 Å². The molecule has 1 heterocycles. The van der Waals surface area contributed by atoms with Crippen LogP contribution in [0.15, 0.2) is 18.2 Å². The van der Waals surface area contributed by atoms with Crippen LogP contribution in [0.4, 0.5) is 0 Å². The monoisotopic (exact) mass is 221 g/mol. The number of ether oxygens (including phenoxy) is 2. The largest absolute Gasteiger partial charge is 0.462 e. The normalized spacial score (nSPS) is 19.0. The highest BCUT2D eigenvalue weighted by atomic mass is 16.5. The number of carbonyl (C=O) groups is 1. The first-order valence-corrected chi connectivity index (χ1v) is 5.36. The van der Waals surface area contributed by atoms with E-state index >= 15 is 0 Å². The Bertz CT molecular complexity index is 403. The minimum Gasteiger partial charge on any atom is -0.462 e. The molecular weight excluding hydrogens is 206 g/mol. The minimum absolute atomic E-state index is 0.155. The van der Waals surface area contributed by atoms with Gasteiger partial charge in [0.1, 0.15) is 0 Å². The number of hydrogen-bond acceptors (Lipinski definition) is 4. The lowest BCUT2D eigenvalue weighted by atomic mass is 9.95. The molecule has 0 amide bonds. The Morgan fingerprint density at radius 2 is 2.44 bits per heavy atom. The molecule has 1 aliphatic rings. The molecule has 0 aromatic heterocycles. The Labute approximate surface area is 94.3 Å². The molecule has 1 aromatic carbocycles. The van der Waals surface area contributed by atoms with Crippen molar-refractivity contribution >= 4 is 5.97 Å². The van der Waals surface area contributed by atoms with Crippen LogP contribution in [0.2, 0.25) is 0 Å². The summed E-state index contributed by atoms with van der Waals surface area (Å²) in [6, 6.07) is 5.36. The molecule has 86 valence electrons. The van der Waals surface area contributed by atoms with Gasteiger partial charge in [0.25, 0.3) is 0 Å². The first-order valence-electron chi connectivity index (χ1n) is 5.36. The number of rotatable bonds is 2. The van der Waals surface area contributed by atoms with Crippen molar-refractivity contribution in [1.29, 1.82) is 0 Å². The molecule has 0 saturated heterocycles. The number of nitrogens with two attached hydrogens (primary N) is 1. The zero-order valence-electron chi connectivity index (χ0n) is 9.23. The lowest BCUT2D eigenvalue weighted by Crippen LogP contribution is -2.25. The lowest BCUT2D eigenvalue weighted by Gasteiger charge is -2.24. The van der Waals surface area contributed by atoms with Gasteiger partial charge in [-0.25, -0.2) is 4.79 Å². The number of fused-ring (bicyclic) bond motifs is 1. The number of benzene rings is 1. The first kappa shape index (κ1) is 11.1. The summed E-state index contributed by atoms with van der Waals surface area (Å²) in [5, 5.41) is 0. The topological polar surface area (TPSA) is 61.5 Å². The van der Waals surface area contributed by atoms with E-state index in [1.165, 1.54) is 0 Å². The van der Waals surface area contributed by atoms with Crippen molar-refractivity contribution in [2.45, 2.75) is 19.6 Å². The fourth-order valence-electron chi connectivity index (χ4n) is 1.89. The Hall–Kier alpha value is -1.39. The molecule has 2 N–H and O–H groups in total. The number of hydrogen-bond donors (Lipinski definition) is 1. The molecule has 4 heteroatoms. The van der Waals surface area contributed by atoms with E-state index in [-0.39, 0.29) is 12.0 Å². The van der Waals surface area contributed by atoms with Crippen molar-refractivity contribution in [2.24, 2.45) is 5.73 Å². The molecule has 0 radical (unpaired) electrons. The third kappa shape index (κ3) is 1.94. The zero-order valence-corrected chi connectivity index (χ0v) is 9.23. The minimum atomic E-state index is -0.308. The van der Waals surface area contributed by atoms with E-state index in [1.54, 1.807) is 13.0 Å². The van der Waals surface area contributed by atoms with Crippen LogP contribution in [0.5, 0.6) is 0 Å². The van der Waals surface area contributed by atoms with Crippen LogP contribution in [-0.2, 0) is 16.1 Å². The van der Waals surface area contributed by atoms with Gasteiger partial charge in [0.05, 0.1) is 31.4 Å². The highest BCUT2D eigenvalue weighted by Crippen LogP contribution is 2.26. The SMILES string of the molecule is CCOC(=O)c1cccc2c1COC[C@H]2N. The van der Waals surface area contributed by atoms with Crippen LogP contribution >= 0.6 is 0 Å². The van der Waals surface area contributed by atoms with E-state index in [0.717, 1.165) is 11.1 Å². The van der Waals surface area contributed by atoms with Gasteiger partial charge in [-0.1, -0.05) is 12.1 Å². The Morgan fingerprint density at radius 1 is 1.62 bits per heavy atom.